The molecule has 2 aromatic rings. The minimum atomic E-state index is -0.561. The Morgan fingerprint density at radius 2 is 2.23 bits per heavy atom. The van der Waals surface area contributed by atoms with Crippen LogP contribution in [0.4, 0.5) is 4.79 Å². The van der Waals surface area contributed by atoms with Gasteiger partial charge in [0.05, 0.1) is 12.6 Å². The predicted molar refractivity (Wildman–Crippen MR) is 100.0 cm³/mol. The van der Waals surface area contributed by atoms with Crippen LogP contribution < -0.4 is 11.1 Å². The normalized spacial score (nSPS) is 15.0. The molecule has 0 bridgehead atoms. The van der Waals surface area contributed by atoms with E-state index in [1.807, 2.05) is 25.5 Å². The van der Waals surface area contributed by atoms with Crippen LogP contribution in [0.25, 0.3) is 0 Å². The Balaban J connectivity index is 1.67. The van der Waals surface area contributed by atoms with E-state index in [2.05, 4.69) is 21.4 Å². The van der Waals surface area contributed by atoms with Crippen LogP contribution in [0.5, 0.6) is 0 Å². The van der Waals surface area contributed by atoms with Crippen molar-refractivity contribution in [3.8, 4) is 0 Å². The lowest BCUT2D eigenvalue weighted by molar-refractivity contribution is 0.0992. The molecular formula is C17H24N6O2S. The van der Waals surface area contributed by atoms with Crippen LogP contribution >= 0.6 is 11.3 Å². The van der Waals surface area contributed by atoms with E-state index in [-0.39, 0.29) is 17.8 Å². The second-order valence-electron chi connectivity index (χ2n) is 6.61. The van der Waals surface area contributed by atoms with Crippen LogP contribution in [0.3, 0.4) is 0 Å². The fourth-order valence-electron chi connectivity index (χ4n) is 3.28. The number of aryl methyl sites for hydroxylation is 1. The molecule has 0 spiro atoms. The van der Waals surface area contributed by atoms with Crippen molar-refractivity contribution in [2.75, 3.05) is 27.2 Å². The zero-order valence-electron chi connectivity index (χ0n) is 15.2. The number of thiophene rings is 1. The quantitative estimate of drug-likeness (QED) is 0.812. The fraction of sp³-hybridized carbons (Fsp3) is 0.471. The smallest absolute Gasteiger partial charge is 0.317 e. The number of nitrogens with one attached hydrogen (secondary N) is 1. The van der Waals surface area contributed by atoms with Gasteiger partial charge in [-0.05, 0) is 25.5 Å². The van der Waals surface area contributed by atoms with Crippen LogP contribution in [0.2, 0.25) is 0 Å². The molecule has 1 aliphatic rings. The maximum atomic E-state index is 12.6. The molecule has 1 aliphatic heterocycles. The summed E-state index contributed by atoms with van der Waals surface area (Å²) in [6.45, 7) is 1.45. The zero-order valence-corrected chi connectivity index (χ0v) is 16.0. The number of hydrogen-bond acceptors (Lipinski definition) is 5. The molecule has 3 amide bonds. The van der Waals surface area contributed by atoms with E-state index < -0.39 is 5.91 Å². The molecule has 3 N–H and O–H groups in total. The van der Waals surface area contributed by atoms with Gasteiger partial charge in [-0.25, -0.2) is 4.79 Å². The summed E-state index contributed by atoms with van der Waals surface area (Å²) < 4.78 is 1.68. The molecule has 3 heterocycles. The number of carbonyl (C=O) groups is 2. The second kappa shape index (κ2) is 7.46. The molecule has 2 aromatic heterocycles. The number of nitrogens with two attached hydrogens (primary N) is 1. The fourth-order valence-corrected chi connectivity index (χ4v) is 4.20. The van der Waals surface area contributed by atoms with Gasteiger partial charge in [0, 0.05) is 42.7 Å². The molecule has 1 atom stereocenters. The van der Waals surface area contributed by atoms with Crippen molar-refractivity contribution >= 4 is 23.3 Å². The standard InChI is InChI=1S/C17H24N6O2S/c1-21(2)13(14-5-4-8-26-14)9-19-17(25)23-7-6-12-11(10-23)15(16(18)24)20-22(12)3/h4-5,8,13H,6-7,9-10H2,1-3H3,(H2,18,24)(H,19,25)/t13-/m0/s1. The lowest BCUT2D eigenvalue weighted by atomic mass is 10.1. The SMILES string of the molecule is CN(C)[C@@H](CNC(=O)N1CCc2c(c(C(N)=O)nn2C)C1)c1cccs1. The molecule has 0 saturated heterocycles. The van der Waals surface area contributed by atoms with Crippen molar-refractivity contribution in [3.05, 3.63) is 39.3 Å². The highest BCUT2D eigenvalue weighted by atomic mass is 32.1. The number of amides is 3. The van der Waals surface area contributed by atoms with E-state index in [4.69, 9.17) is 5.73 Å². The third-order valence-corrected chi connectivity index (χ3v) is 5.68. The van der Waals surface area contributed by atoms with Crippen molar-refractivity contribution in [1.29, 1.82) is 0 Å². The summed E-state index contributed by atoms with van der Waals surface area (Å²) in [7, 11) is 5.79. The van der Waals surface area contributed by atoms with Crippen molar-refractivity contribution < 1.29 is 9.59 Å². The Morgan fingerprint density at radius 3 is 2.85 bits per heavy atom. The van der Waals surface area contributed by atoms with Gasteiger partial charge in [0.2, 0.25) is 0 Å². The molecule has 26 heavy (non-hydrogen) atoms. The third kappa shape index (κ3) is 3.58. The van der Waals surface area contributed by atoms with Gasteiger partial charge in [0.15, 0.2) is 5.69 Å². The van der Waals surface area contributed by atoms with Gasteiger partial charge in [-0.15, -0.1) is 11.3 Å². The summed E-state index contributed by atoms with van der Waals surface area (Å²) in [6, 6.07) is 4.07. The summed E-state index contributed by atoms with van der Waals surface area (Å²) >= 11 is 1.68. The lowest BCUT2D eigenvalue weighted by Crippen LogP contribution is -2.45. The average Bonchev–Trinajstić information content (AvgIpc) is 3.23. The van der Waals surface area contributed by atoms with E-state index in [0.717, 1.165) is 11.3 Å². The first kappa shape index (κ1) is 18.4. The summed E-state index contributed by atoms with van der Waals surface area (Å²) in [5, 5.41) is 9.25. The highest BCUT2D eigenvalue weighted by molar-refractivity contribution is 7.10. The van der Waals surface area contributed by atoms with E-state index in [0.29, 0.717) is 26.1 Å². The largest absolute Gasteiger partial charge is 0.364 e. The monoisotopic (exact) mass is 376 g/mol. The molecule has 0 aromatic carbocycles. The second-order valence-corrected chi connectivity index (χ2v) is 7.59. The molecular weight excluding hydrogens is 352 g/mol. The topological polar surface area (TPSA) is 96.5 Å². The molecule has 140 valence electrons. The van der Waals surface area contributed by atoms with E-state index >= 15 is 0 Å². The molecule has 3 rings (SSSR count). The van der Waals surface area contributed by atoms with Crippen molar-refractivity contribution in [1.82, 2.24) is 24.9 Å². The minimum Gasteiger partial charge on any atom is -0.364 e. The number of carbonyl (C=O) groups excluding carboxylic acids is 2. The lowest BCUT2D eigenvalue weighted by Gasteiger charge is -2.29. The van der Waals surface area contributed by atoms with Gasteiger partial charge in [-0.3, -0.25) is 9.48 Å². The van der Waals surface area contributed by atoms with Crippen LogP contribution in [0, 0.1) is 0 Å². The van der Waals surface area contributed by atoms with Gasteiger partial charge in [0.25, 0.3) is 5.91 Å². The number of rotatable bonds is 5. The number of primary amides is 1. The van der Waals surface area contributed by atoms with Gasteiger partial charge < -0.3 is 20.9 Å². The van der Waals surface area contributed by atoms with E-state index in [1.165, 1.54) is 4.88 Å². The predicted octanol–water partition coefficient (Wildman–Crippen LogP) is 0.951. The summed E-state index contributed by atoms with van der Waals surface area (Å²) in [4.78, 5) is 29.3. The first-order valence-electron chi connectivity index (χ1n) is 8.45. The molecule has 9 heteroatoms. The van der Waals surface area contributed by atoms with Crippen molar-refractivity contribution in [2.45, 2.75) is 19.0 Å². The minimum absolute atomic E-state index is 0.124. The van der Waals surface area contributed by atoms with Crippen LogP contribution in [0.1, 0.15) is 32.7 Å². The maximum Gasteiger partial charge on any atom is 0.317 e. The summed E-state index contributed by atoms with van der Waals surface area (Å²) in [6.07, 6.45) is 0.654. The zero-order chi connectivity index (χ0) is 18.8. The number of nitrogens with zero attached hydrogens (tertiary/aromatic N) is 4. The molecule has 0 saturated carbocycles. The molecule has 0 aliphatic carbocycles. The average molecular weight is 376 g/mol. The maximum absolute atomic E-state index is 12.6. The molecule has 0 fully saturated rings. The number of urea groups is 1. The number of fused-ring (bicyclic) bond motifs is 1. The molecule has 0 unspecified atom stereocenters. The first-order chi connectivity index (χ1) is 12.4. The van der Waals surface area contributed by atoms with Gasteiger partial charge >= 0.3 is 6.03 Å². The van der Waals surface area contributed by atoms with Crippen molar-refractivity contribution in [2.24, 2.45) is 12.8 Å². The van der Waals surface area contributed by atoms with Gasteiger partial charge in [-0.2, -0.15) is 5.10 Å². The van der Waals surface area contributed by atoms with Crippen molar-refractivity contribution in [3.63, 3.8) is 0 Å². The Morgan fingerprint density at radius 1 is 1.46 bits per heavy atom. The summed E-state index contributed by atoms with van der Waals surface area (Å²) in [5.74, 6) is -0.561. The molecule has 0 radical (unpaired) electrons. The summed E-state index contributed by atoms with van der Waals surface area (Å²) in [5.41, 5.74) is 7.39. The van der Waals surface area contributed by atoms with E-state index in [1.54, 1.807) is 28.0 Å². The van der Waals surface area contributed by atoms with Gasteiger partial charge in [0.1, 0.15) is 0 Å². The van der Waals surface area contributed by atoms with Crippen LogP contribution in [-0.2, 0) is 20.0 Å². The highest BCUT2D eigenvalue weighted by Crippen LogP contribution is 2.24. The van der Waals surface area contributed by atoms with Crippen LogP contribution in [-0.4, -0.2) is 58.7 Å². The Kier molecular flexibility index (Phi) is 5.28. The Labute approximate surface area is 156 Å². The number of aromatic nitrogens is 2. The highest BCUT2D eigenvalue weighted by Gasteiger charge is 2.29. The van der Waals surface area contributed by atoms with Crippen LogP contribution in [0.15, 0.2) is 17.5 Å². The van der Waals surface area contributed by atoms with E-state index in [9.17, 15) is 9.59 Å². The number of hydrogen-bond donors (Lipinski definition) is 2. The van der Waals surface area contributed by atoms with Gasteiger partial charge in [-0.1, -0.05) is 6.07 Å². The Bertz CT molecular complexity index is 799. The Hall–Kier alpha value is -2.39. The first-order valence-corrected chi connectivity index (χ1v) is 9.33. The molecule has 8 nitrogen and oxygen atoms in total. The third-order valence-electron chi connectivity index (χ3n) is 4.70. The number of likely N-dealkylation sites (N-methyl/N-ethyl adjacent to an activating group) is 1.